The van der Waals surface area contributed by atoms with E-state index in [4.69, 9.17) is 10.5 Å². The molecule has 3 nitrogen and oxygen atoms in total. The molecule has 7 heteroatoms. The third-order valence-corrected chi connectivity index (χ3v) is 5.98. The van der Waals surface area contributed by atoms with Crippen LogP contribution in [0.2, 0.25) is 0 Å². The van der Waals surface area contributed by atoms with Crippen molar-refractivity contribution in [3.8, 4) is 0 Å². The molecule has 0 bridgehead atoms. The summed E-state index contributed by atoms with van der Waals surface area (Å²) in [6, 6.07) is 4.51. The summed E-state index contributed by atoms with van der Waals surface area (Å²) >= 11 is 4.72. The van der Waals surface area contributed by atoms with E-state index in [1.807, 2.05) is 0 Å². The molecule has 0 aromatic heterocycles. The standard InChI is InChI=1S/C14H15BrF2N2OS/c1-20-7-13-5-11(13)14(6-16,19-12(18)21-13)9-4-8(15)2-3-10(9)17/h2-4,11H,5-7H2,1H3,(H2,18,19)/t11-,13-,14-/m1/s1. The average Bonchev–Trinajstić information content (AvgIpc) is 3.15. The van der Waals surface area contributed by atoms with Crippen LogP contribution in [-0.4, -0.2) is 30.3 Å². The lowest BCUT2D eigenvalue weighted by molar-refractivity contribution is 0.176. The maximum Gasteiger partial charge on any atom is 0.155 e. The zero-order valence-corrected chi connectivity index (χ0v) is 13.8. The Bertz CT molecular complexity index is 615. The fourth-order valence-corrected chi connectivity index (χ4v) is 4.96. The van der Waals surface area contributed by atoms with Crippen LogP contribution in [0.4, 0.5) is 8.78 Å². The first-order chi connectivity index (χ1) is 9.97. The molecule has 0 amide bonds. The Morgan fingerprint density at radius 1 is 1.57 bits per heavy atom. The fourth-order valence-electron chi connectivity index (χ4n) is 3.21. The van der Waals surface area contributed by atoms with Crippen molar-refractivity contribution < 1.29 is 13.5 Å². The molecule has 1 aromatic carbocycles. The number of alkyl halides is 1. The highest BCUT2D eigenvalue weighted by atomic mass is 79.9. The van der Waals surface area contributed by atoms with Crippen molar-refractivity contribution in [3.05, 3.63) is 34.1 Å². The van der Waals surface area contributed by atoms with Gasteiger partial charge in [-0.3, -0.25) is 0 Å². The van der Waals surface area contributed by atoms with Crippen LogP contribution in [0, 0.1) is 11.7 Å². The highest BCUT2D eigenvalue weighted by Crippen LogP contribution is 2.66. The van der Waals surface area contributed by atoms with E-state index < -0.39 is 18.0 Å². The summed E-state index contributed by atoms with van der Waals surface area (Å²) in [5.74, 6) is -0.575. The highest BCUT2D eigenvalue weighted by molar-refractivity contribution is 9.10. The molecule has 1 fully saturated rings. The van der Waals surface area contributed by atoms with Crippen molar-refractivity contribution in [2.45, 2.75) is 16.7 Å². The minimum absolute atomic E-state index is 0.115. The number of hydrogen-bond acceptors (Lipinski definition) is 4. The van der Waals surface area contributed by atoms with Crippen molar-refractivity contribution >= 4 is 32.9 Å². The molecule has 2 aliphatic rings. The van der Waals surface area contributed by atoms with E-state index in [9.17, 15) is 8.78 Å². The number of nitrogens with two attached hydrogens (primary N) is 1. The van der Waals surface area contributed by atoms with Gasteiger partial charge in [-0.05, 0) is 24.6 Å². The molecular formula is C14H15BrF2N2OS. The summed E-state index contributed by atoms with van der Waals surface area (Å²) in [4.78, 5) is 4.32. The Kier molecular flexibility index (Phi) is 3.78. The lowest BCUT2D eigenvalue weighted by Crippen LogP contribution is -2.41. The zero-order chi connectivity index (χ0) is 15.3. The minimum Gasteiger partial charge on any atom is -0.383 e. The van der Waals surface area contributed by atoms with Gasteiger partial charge in [0.15, 0.2) is 5.17 Å². The molecule has 1 aliphatic carbocycles. The quantitative estimate of drug-likeness (QED) is 0.877. The molecule has 0 unspecified atom stereocenters. The molecule has 1 aliphatic heterocycles. The van der Waals surface area contributed by atoms with Gasteiger partial charge in [-0.15, -0.1) is 0 Å². The highest BCUT2D eigenvalue weighted by Gasteiger charge is 2.68. The van der Waals surface area contributed by atoms with Gasteiger partial charge in [0.05, 0.1) is 11.4 Å². The van der Waals surface area contributed by atoms with E-state index in [-0.39, 0.29) is 21.4 Å². The number of benzene rings is 1. The Morgan fingerprint density at radius 2 is 2.33 bits per heavy atom. The minimum atomic E-state index is -1.25. The van der Waals surface area contributed by atoms with E-state index in [0.29, 0.717) is 17.5 Å². The van der Waals surface area contributed by atoms with E-state index in [2.05, 4.69) is 20.9 Å². The maximum atomic E-state index is 14.3. The van der Waals surface area contributed by atoms with Crippen LogP contribution in [-0.2, 0) is 10.3 Å². The van der Waals surface area contributed by atoms with Crippen molar-refractivity contribution in [1.29, 1.82) is 0 Å². The lowest BCUT2D eigenvalue weighted by atomic mass is 9.85. The number of rotatable bonds is 4. The van der Waals surface area contributed by atoms with Gasteiger partial charge in [0.1, 0.15) is 18.0 Å². The number of nitrogens with zero attached hydrogens (tertiary/aromatic N) is 1. The van der Waals surface area contributed by atoms with Crippen molar-refractivity contribution in [2.24, 2.45) is 16.6 Å². The molecule has 2 N–H and O–H groups in total. The van der Waals surface area contributed by atoms with Gasteiger partial charge in [-0.25, -0.2) is 13.8 Å². The molecule has 1 aromatic rings. The van der Waals surface area contributed by atoms with E-state index in [1.165, 1.54) is 17.8 Å². The van der Waals surface area contributed by atoms with Crippen LogP contribution < -0.4 is 5.73 Å². The molecule has 21 heavy (non-hydrogen) atoms. The Morgan fingerprint density at radius 3 is 3.00 bits per heavy atom. The van der Waals surface area contributed by atoms with E-state index in [0.717, 1.165) is 0 Å². The summed E-state index contributed by atoms with van der Waals surface area (Å²) in [7, 11) is 1.60. The number of ether oxygens (including phenoxy) is 1. The van der Waals surface area contributed by atoms with Crippen molar-refractivity contribution in [3.63, 3.8) is 0 Å². The summed E-state index contributed by atoms with van der Waals surface area (Å²) in [6.07, 6.45) is 0.714. The third kappa shape index (κ3) is 2.29. The first-order valence-corrected chi connectivity index (χ1v) is 8.13. The third-order valence-electron chi connectivity index (χ3n) is 4.21. The second kappa shape index (κ2) is 5.21. The molecule has 3 rings (SSSR count). The van der Waals surface area contributed by atoms with Crippen molar-refractivity contribution in [1.82, 2.24) is 0 Å². The summed E-state index contributed by atoms with van der Waals surface area (Å²) in [6.45, 7) is -0.326. The topological polar surface area (TPSA) is 47.6 Å². The molecule has 1 heterocycles. The van der Waals surface area contributed by atoms with Gasteiger partial charge in [0, 0.05) is 23.1 Å². The Hall–Kier alpha value is -0.660. The zero-order valence-electron chi connectivity index (χ0n) is 11.4. The SMILES string of the molecule is COC[C@]12C[C@H]1[C@@](CF)(c1cc(Br)ccc1F)N=C(N)S2. The van der Waals surface area contributed by atoms with Gasteiger partial charge in [0.2, 0.25) is 0 Å². The molecule has 114 valence electrons. The Balaban J connectivity index is 2.12. The average molecular weight is 377 g/mol. The lowest BCUT2D eigenvalue weighted by Gasteiger charge is -2.35. The summed E-state index contributed by atoms with van der Waals surface area (Å²) in [5.41, 5.74) is 4.91. The second-order valence-corrected chi connectivity index (χ2v) is 7.84. The molecular weight excluding hydrogens is 362 g/mol. The maximum absolute atomic E-state index is 14.3. The molecule has 3 atom stereocenters. The van der Waals surface area contributed by atoms with Crippen LogP contribution >= 0.6 is 27.7 Å². The predicted molar refractivity (Wildman–Crippen MR) is 83.7 cm³/mol. The van der Waals surface area contributed by atoms with E-state index >= 15 is 0 Å². The Labute approximate surface area is 134 Å². The van der Waals surface area contributed by atoms with Crippen LogP contribution in [0.15, 0.2) is 27.7 Å². The first-order valence-electron chi connectivity index (χ1n) is 6.52. The normalized spacial score (nSPS) is 34.3. The number of hydrogen-bond donors (Lipinski definition) is 1. The number of methoxy groups -OCH3 is 1. The predicted octanol–water partition coefficient (Wildman–Crippen LogP) is 3.22. The number of halogens is 3. The molecule has 0 radical (unpaired) electrons. The monoisotopic (exact) mass is 376 g/mol. The number of aliphatic imine (C=N–C) groups is 1. The number of thioether (sulfide) groups is 1. The molecule has 1 saturated carbocycles. The van der Waals surface area contributed by atoms with Gasteiger partial charge in [0.25, 0.3) is 0 Å². The van der Waals surface area contributed by atoms with Crippen LogP contribution in [0.1, 0.15) is 12.0 Å². The van der Waals surface area contributed by atoms with Crippen LogP contribution in [0.3, 0.4) is 0 Å². The van der Waals surface area contributed by atoms with Gasteiger partial charge >= 0.3 is 0 Å². The van der Waals surface area contributed by atoms with Crippen LogP contribution in [0.5, 0.6) is 0 Å². The smallest absolute Gasteiger partial charge is 0.155 e. The van der Waals surface area contributed by atoms with Gasteiger partial charge in [-0.1, -0.05) is 27.7 Å². The summed E-state index contributed by atoms with van der Waals surface area (Å²) < 4.78 is 33.9. The van der Waals surface area contributed by atoms with Gasteiger partial charge < -0.3 is 10.5 Å². The molecule has 0 spiro atoms. The second-order valence-electron chi connectivity index (χ2n) is 5.49. The number of fused-ring (bicyclic) bond motifs is 1. The first kappa shape index (κ1) is 15.2. The largest absolute Gasteiger partial charge is 0.383 e. The van der Waals surface area contributed by atoms with E-state index in [1.54, 1.807) is 19.2 Å². The number of amidine groups is 1. The van der Waals surface area contributed by atoms with Crippen LogP contribution in [0.25, 0.3) is 0 Å². The molecule has 0 saturated heterocycles. The fraction of sp³-hybridized carbons (Fsp3) is 0.500. The van der Waals surface area contributed by atoms with Gasteiger partial charge in [-0.2, -0.15) is 0 Å². The summed E-state index contributed by atoms with van der Waals surface area (Å²) in [5, 5.41) is 0.290. The van der Waals surface area contributed by atoms with Crippen molar-refractivity contribution in [2.75, 3.05) is 20.4 Å².